The Balaban J connectivity index is 1.86. The van der Waals surface area contributed by atoms with Crippen LogP contribution in [0.5, 0.6) is 5.75 Å². The Hall–Kier alpha value is -1.80. The first-order chi connectivity index (χ1) is 9.65. The minimum atomic E-state index is 0.0646. The fraction of sp³-hybridized carbons (Fsp3) is 0.333. The van der Waals surface area contributed by atoms with Crippen LogP contribution >= 0.6 is 0 Å². The molecule has 3 unspecified atom stereocenters. The number of nitrogens with two attached hydrogens (primary N) is 1. The van der Waals surface area contributed by atoms with Crippen LogP contribution in [0.1, 0.15) is 42.0 Å². The highest BCUT2D eigenvalue weighted by Gasteiger charge is 2.30. The molecule has 0 aliphatic carbocycles. The number of hydrogen-bond donors (Lipinski definition) is 1. The van der Waals surface area contributed by atoms with Crippen LogP contribution in [0.25, 0.3) is 0 Å². The molecule has 2 heteroatoms. The SMILES string of the molecule is Cc1ccc2c(c1)C(N)CC(C(C)c1ccccc1)O2. The third-order valence-electron chi connectivity index (χ3n) is 4.21. The minimum Gasteiger partial charge on any atom is -0.489 e. The van der Waals surface area contributed by atoms with E-state index in [1.54, 1.807) is 0 Å². The quantitative estimate of drug-likeness (QED) is 0.894. The summed E-state index contributed by atoms with van der Waals surface area (Å²) >= 11 is 0. The Bertz CT molecular complexity index is 594. The van der Waals surface area contributed by atoms with Gasteiger partial charge in [0, 0.05) is 23.9 Å². The third kappa shape index (κ3) is 2.44. The molecule has 3 atom stereocenters. The van der Waals surface area contributed by atoms with E-state index in [0.29, 0.717) is 5.92 Å². The van der Waals surface area contributed by atoms with Gasteiger partial charge in [0.05, 0.1) is 0 Å². The second kappa shape index (κ2) is 5.29. The molecule has 0 bridgehead atoms. The van der Waals surface area contributed by atoms with Gasteiger partial charge in [0.1, 0.15) is 11.9 Å². The lowest BCUT2D eigenvalue weighted by molar-refractivity contribution is 0.136. The molecule has 3 rings (SSSR count). The van der Waals surface area contributed by atoms with Crippen molar-refractivity contribution >= 4 is 0 Å². The lowest BCUT2D eigenvalue weighted by Gasteiger charge is -2.34. The molecule has 20 heavy (non-hydrogen) atoms. The summed E-state index contributed by atoms with van der Waals surface area (Å²) in [6, 6.07) is 16.8. The van der Waals surface area contributed by atoms with E-state index in [0.717, 1.165) is 17.7 Å². The molecule has 1 aliphatic rings. The number of rotatable bonds is 2. The van der Waals surface area contributed by atoms with Crippen molar-refractivity contribution in [2.75, 3.05) is 0 Å². The fourth-order valence-electron chi connectivity index (χ4n) is 2.93. The predicted octanol–water partition coefficient (Wildman–Crippen LogP) is 3.95. The summed E-state index contributed by atoms with van der Waals surface area (Å²) in [5, 5.41) is 0. The van der Waals surface area contributed by atoms with Crippen LogP contribution < -0.4 is 10.5 Å². The number of ether oxygens (including phenoxy) is 1. The van der Waals surface area contributed by atoms with Gasteiger partial charge in [-0.25, -0.2) is 0 Å². The summed E-state index contributed by atoms with van der Waals surface area (Å²) in [6.07, 6.45) is 1.01. The summed E-state index contributed by atoms with van der Waals surface area (Å²) in [7, 11) is 0. The molecule has 1 heterocycles. The van der Waals surface area contributed by atoms with Gasteiger partial charge >= 0.3 is 0 Å². The fourth-order valence-corrected chi connectivity index (χ4v) is 2.93. The monoisotopic (exact) mass is 267 g/mol. The zero-order valence-electron chi connectivity index (χ0n) is 12.0. The van der Waals surface area contributed by atoms with Crippen molar-refractivity contribution in [2.24, 2.45) is 5.73 Å². The molecule has 1 aliphatic heterocycles. The van der Waals surface area contributed by atoms with Gasteiger partial charge in [-0.3, -0.25) is 0 Å². The lowest BCUT2D eigenvalue weighted by Crippen LogP contribution is -2.33. The van der Waals surface area contributed by atoms with E-state index in [1.807, 2.05) is 6.07 Å². The molecule has 2 aromatic carbocycles. The molecule has 0 saturated carbocycles. The highest BCUT2D eigenvalue weighted by molar-refractivity contribution is 5.41. The standard InChI is InChI=1S/C18H21NO/c1-12-8-9-17-15(10-12)16(19)11-18(20-17)13(2)14-6-4-3-5-7-14/h3-10,13,16,18H,11,19H2,1-2H3. The van der Waals surface area contributed by atoms with E-state index in [-0.39, 0.29) is 12.1 Å². The van der Waals surface area contributed by atoms with E-state index in [4.69, 9.17) is 10.5 Å². The summed E-state index contributed by atoms with van der Waals surface area (Å²) in [5.41, 5.74) is 10.0. The van der Waals surface area contributed by atoms with E-state index in [2.05, 4.69) is 56.3 Å². The van der Waals surface area contributed by atoms with E-state index >= 15 is 0 Å². The van der Waals surface area contributed by atoms with Crippen LogP contribution in [0, 0.1) is 6.92 Å². The van der Waals surface area contributed by atoms with Crippen LogP contribution in [-0.4, -0.2) is 6.10 Å². The number of hydrogen-bond acceptors (Lipinski definition) is 2. The van der Waals surface area contributed by atoms with Gasteiger partial charge in [-0.2, -0.15) is 0 Å². The maximum atomic E-state index is 6.34. The zero-order valence-corrected chi connectivity index (χ0v) is 12.0. The first-order valence-corrected chi connectivity index (χ1v) is 7.23. The van der Waals surface area contributed by atoms with Gasteiger partial charge in [0.2, 0.25) is 0 Å². The van der Waals surface area contributed by atoms with Gasteiger partial charge in [-0.15, -0.1) is 0 Å². The zero-order chi connectivity index (χ0) is 14.1. The summed E-state index contributed by atoms with van der Waals surface area (Å²) in [6.45, 7) is 4.30. The van der Waals surface area contributed by atoms with Gasteiger partial charge < -0.3 is 10.5 Å². The predicted molar refractivity (Wildman–Crippen MR) is 82.0 cm³/mol. The summed E-state index contributed by atoms with van der Waals surface area (Å²) in [5.74, 6) is 1.29. The van der Waals surface area contributed by atoms with Gasteiger partial charge in [0.25, 0.3) is 0 Å². The van der Waals surface area contributed by atoms with Crippen LogP contribution in [0.4, 0.5) is 0 Å². The normalized spacial score (nSPS) is 22.8. The van der Waals surface area contributed by atoms with Gasteiger partial charge in [-0.05, 0) is 18.6 Å². The van der Waals surface area contributed by atoms with Crippen molar-refractivity contribution in [3.8, 4) is 5.75 Å². The van der Waals surface area contributed by atoms with Gasteiger partial charge in [0.15, 0.2) is 0 Å². The van der Waals surface area contributed by atoms with Gasteiger partial charge in [-0.1, -0.05) is 55.0 Å². The average Bonchev–Trinajstić information content (AvgIpc) is 2.48. The Morgan fingerprint density at radius 1 is 1.15 bits per heavy atom. The highest BCUT2D eigenvalue weighted by atomic mass is 16.5. The summed E-state index contributed by atoms with van der Waals surface area (Å²) in [4.78, 5) is 0. The Morgan fingerprint density at radius 2 is 1.90 bits per heavy atom. The van der Waals surface area contributed by atoms with Crippen LogP contribution in [0.2, 0.25) is 0 Å². The molecular weight excluding hydrogens is 246 g/mol. The average molecular weight is 267 g/mol. The molecular formula is C18H21NO. The number of fused-ring (bicyclic) bond motifs is 1. The van der Waals surface area contributed by atoms with Crippen molar-refractivity contribution in [2.45, 2.75) is 38.3 Å². The van der Waals surface area contributed by atoms with E-state index in [9.17, 15) is 0 Å². The van der Waals surface area contributed by atoms with Crippen molar-refractivity contribution in [1.29, 1.82) is 0 Å². The molecule has 0 fully saturated rings. The largest absolute Gasteiger partial charge is 0.489 e. The summed E-state index contributed by atoms with van der Waals surface area (Å²) < 4.78 is 6.19. The molecule has 0 aromatic heterocycles. The molecule has 0 spiro atoms. The third-order valence-corrected chi connectivity index (χ3v) is 4.21. The molecule has 0 amide bonds. The molecule has 104 valence electrons. The number of aryl methyl sites for hydroxylation is 1. The van der Waals surface area contributed by atoms with Crippen molar-refractivity contribution in [1.82, 2.24) is 0 Å². The van der Waals surface area contributed by atoms with E-state index < -0.39 is 0 Å². The Labute approximate surface area is 120 Å². The van der Waals surface area contributed by atoms with Crippen molar-refractivity contribution < 1.29 is 4.74 Å². The first kappa shape index (κ1) is 13.2. The Kier molecular flexibility index (Phi) is 3.49. The second-order valence-electron chi connectivity index (χ2n) is 5.74. The smallest absolute Gasteiger partial charge is 0.124 e. The van der Waals surface area contributed by atoms with Crippen LogP contribution in [0.3, 0.4) is 0 Å². The highest BCUT2D eigenvalue weighted by Crippen LogP contribution is 2.38. The van der Waals surface area contributed by atoms with Crippen molar-refractivity contribution in [3.05, 3.63) is 65.2 Å². The second-order valence-corrected chi connectivity index (χ2v) is 5.74. The molecule has 0 radical (unpaired) electrons. The Morgan fingerprint density at radius 3 is 2.65 bits per heavy atom. The van der Waals surface area contributed by atoms with Crippen LogP contribution in [-0.2, 0) is 0 Å². The molecule has 2 N–H and O–H groups in total. The molecule has 2 nitrogen and oxygen atoms in total. The molecule has 0 saturated heterocycles. The molecule has 2 aromatic rings. The number of benzene rings is 2. The lowest BCUT2D eigenvalue weighted by atomic mass is 9.87. The van der Waals surface area contributed by atoms with Crippen LogP contribution in [0.15, 0.2) is 48.5 Å². The topological polar surface area (TPSA) is 35.2 Å². The maximum Gasteiger partial charge on any atom is 0.124 e. The minimum absolute atomic E-state index is 0.0646. The maximum absolute atomic E-state index is 6.34. The van der Waals surface area contributed by atoms with E-state index in [1.165, 1.54) is 11.1 Å². The first-order valence-electron chi connectivity index (χ1n) is 7.23. The van der Waals surface area contributed by atoms with Crippen molar-refractivity contribution in [3.63, 3.8) is 0 Å².